The summed E-state index contributed by atoms with van der Waals surface area (Å²) >= 11 is 0. The number of halogens is 1. The summed E-state index contributed by atoms with van der Waals surface area (Å²) in [6.07, 6.45) is 5.96. The highest BCUT2D eigenvalue weighted by Gasteiger charge is 2.63. The standard InChI is InChI=1S/C16H23N3.HI/c1-3-11-6-5-7-12(4-2)14(11)19-15(17)18-13-10-16(13)8-9-16;/h5-7,13H,3-4,8-10H2,1-2H3,(H3,17,18,19);1H. The predicted octanol–water partition coefficient (Wildman–Crippen LogP) is 3.71. The normalized spacial score (nSPS) is 22.3. The third-order valence-corrected chi connectivity index (χ3v) is 4.59. The van der Waals surface area contributed by atoms with E-state index < -0.39 is 0 Å². The van der Waals surface area contributed by atoms with Crippen LogP contribution in [0, 0.1) is 5.41 Å². The minimum absolute atomic E-state index is 0. The van der Waals surface area contributed by atoms with E-state index >= 15 is 0 Å². The second-order valence-corrected chi connectivity index (χ2v) is 5.88. The van der Waals surface area contributed by atoms with Crippen LogP contribution in [-0.4, -0.2) is 12.0 Å². The van der Waals surface area contributed by atoms with E-state index in [9.17, 15) is 0 Å². The molecule has 2 aliphatic carbocycles. The number of anilines is 1. The second kappa shape index (κ2) is 5.92. The smallest absolute Gasteiger partial charge is 0.193 e. The van der Waals surface area contributed by atoms with Gasteiger partial charge in [-0.2, -0.15) is 0 Å². The average molecular weight is 385 g/mol. The topological polar surface area (TPSA) is 50.4 Å². The summed E-state index contributed by atoms with van der Waals surface area (Å²) in [5.74, 6) is 0.587. The maximum atomic E-state index is 6.08. The molecule has 2 fully saturated rings. The van der Waals surface area contributed by atoms with E-state index in [1.165, 1.54) is 36.1 Å². The molecule has 0 saturated heterocycles. The molecule has 0 heterocycles. The lowest BCUT2D eigenvalue weighted by Gasteiger charge is -2.14. The van der Waals surface area contributed by atoms with Crippen LogP contribution < -0.4 is 11.1 Å². The van der Waals surface area contributed by atoms with Crippen molar-refractivity contribution in [3.8, 4) is 0 Å². The van der Waals surface area contributed by atoms with Crippen molar-refractivity contribution in [3.63, 3.8) is 0 Å². The van der Waals surface area contributed by atoms with E-state index in [1.807, 2.05) is 0 Å². The molecular formula is C16H24IN3. The average Bonchev–Trinajstić information content (AvgIpc) is 3.31. The number of nitrogens with one attached hydrogen (secondary N) is 1. The molecule has 0 bridgehead atoms. The monoisotopic (exact) mass is 385 g/mol. The quantitative estimate of drug-likeness (QED) is 0.472. The first-order valence-corrected chi connectivity index (χ1v) is 7.39. The van der Waals surface area contributed by atoms with Gasteiger partial charge in [0.05, 0.1) is 6.04 Å². The van der Waals surface area contributed by atoms with Crippen LogP contribution in [0.3, 0.4) is 0 Å². The van der Waals surface area contributed by atoms with Gasteiger partial charge < -0.3 is 11.1 Å². The number of para-hydroxylation sites is 1. The lowest BCUT2D eigenvalue weighted by Crippen LogP contribution is -2.24. The van der Waals surface area contributed by atoms with Crippen LogP contribution in [0.15, 0.2) is 23.2 Å². The van der Waals surface area contributed by atoms with Crippen molar-refractivity contribution in [2.75, 3.05) is 5.32 Å². The van der Waals surface area contributed by atoms with Crippen LogP contribution in [0.4, 0.5) is 5.69 Å². The number of rotatable bonds is 4. The Labute approximate surface area is 138 Å². The molecule has 4 heteroatoms. The van der Waals surface area contributed by atoms with Crippen molar-refractivity contribution in [3.05, 3.63) is 29.3 Å². The molecule has 0 amide bonds. The summed E-state index contributed by atoms with van der Waals surface area (Å²) in [5.41, 5.74) is 10.4. The van der Waals surface area contributed by atoms with Gasteiger partial charge in [-0.1, -0.05) is 32.0 Å². The first kappa shape index (κ1) is 15.6. The zero-order valence-corrected chi connectivity index (χ0v) is 14.6. The van der Waals surface area contributed by atoms with Gasteiger partial charge in [0.15, 0.2) is 5.96 Å². The minimum atomic E-state index is 0. The summed E-state index contributed by atoms with van der Waals surface area (Å²) in [4.78, 5) is 4.63. The SMILES string of the molecule is CCc1cccc(CC)c1NC(N)=NC1CC12CC2.I. The molecule has 1 spiro atoms. The number of aliphatic imine (C=N–C) groups is 1. The predicted molar refractivity (Wildman–Crippen MR) is 95.9 cm³/mol. The van der Waals surface area contributed by atoms with Gasteiger partial charge in [0.25, 0.3) is 0 Å². The van der Waals surface area contributed by atoms with E-state index in [0.29, 0.717) is 17.4 Å². The molecule has 1 aromatic rings. The van der Waals surface area contributed by atoms with E-state index in [0.717, 1.165) is 12.8 Å². The van der Waals surface area contributed by atoms with E-state index in [4.69, 9.17) is 5.73 Å². The Bertz CT molecular complexity index is 498. The molecule has 2 aliphatic rings. The fourth-order valence-corrected chi connectivity index (χ4v) is 2.94. The molecular weight excluding hydrogens is 361 g/mol. The van der Waals surface area contributed by atoms with Crippen LogP contribution in [0.25, 0.3) is 0 Å². The molecule has 3 nitrogen and oxygen atoms in total. The van der Waals surface area contributed by atoms with Gasteiger partial charge in [0, 0.05) is 5.69 Å². The fourth-order valence-electron chi connectivity index (χ4n) is 2.94. The van der Waals surface area contributed by atoms with Crippen LogP contribution in [-0.2, 0) is 12.8 Å². The summed E-state index contributed by atoms with van der Waals surface area (Å²) in [5, 5.41) is 3.35. The highest BCUT2D eigenvalue weighted by molar-refractivity contribution is 14.0. The van der Waals surface area contributed by atoms with Gasteiger partial charge in [-0.25, -0.2) is 4.99 Å². The van der Waals surface area contributed by atoms with Gasteiger partial charge >= 0.3 is 0 Å². The Morgan fingerprint density at radius 3 is 2.35 bits per heavy atom. The van der Waals surface area contributed by atoms with Crippen LogP contribution in [0.2, 0.25) is 0 Å². The molecule has 0 radical (unpaired) electrons. The van der Waals surface area contributed by atoms with Crippen molar-refractivity contribution in [2.24, 2.45) is 16.1 Å². The number of nitrogens with two attached hydrogens (primary N) is 1. The third-order valence-electron chi connectivity index (χ3n) is 4.59. The minimum Gasteiger partial charge on any atom is -0.370 e. The van der Waals surface area contributed by atoms with Crippen LogP contribution >= 0.6 is 24.0 Å². The molecule has 1 unspecified atom stereocenters. The van der Waals surface area contributed by atoms with Gasteiger partial charge in [0.2, 0.25) is 0 Å². The molecule has 1 atom stereocenters. The van der Waals surface area contributed by atoms with Gasteiger partial charge in [-0.05, 0) is 48.6 Å². The van der Waals surface area contributed by atoms with Gasteiger partial charge in [-0.15, -0.1) is 24.0 Å². The Kier molecular flexibility index (Phi) is 4.62. The van der Waals surface area contributed by atoms with E-state index in [-0.39, 0.29) is 24.0 Å². The highest BCUT2D eigenvalue weighted by Crippen LogP contribution is 2.67. The Hall–Kier alpha value is -0.780. The van der Waals surface area contributed by atoms with Crippen molar-refractivity contribution < 1.29 is 0 Å². The zero-order chi connectivity index (χ0) is 13.5. The first-order chi connectivity index (χ1) is 9.18. The van der Waals surface area contributed by atoms with Crippen LogP contribution in [0.1, 0.15) is 44.2 Å². The Morgan fingerprint density at radius 1 is 1.30 bits per heavy atom. The third kappa shape index (κ3) is 2.95. The first-order valence-electron chi connectivity index (χ1n) is 7.39. The summed E-state index contributed by atoms with van der Waals surface area (Å²) in [7, 11) is 0. The highest BCUT2D eigenvalue weighted by atomic mass is 127. The maximum Gasteiger partial charge on any atom is 0.193 e. The summed E-state index contributed by atoms with van der Waals surface area (Å²) in [6, 6.07) is 6.93. The molecule has 110 valence electrons. The number of benzene rings is 1. The number of hydrogen-bond acceptors (Lipinski definition) is 1. The summed E-state index contributed by atoms with van der Waals surface area (Å²) < 4.78 is 0. The van der Waals surface area contributed by atoms with E-state index in [1.54, 1.807) is 0 Å². The Morgan fingerprint density at radius 2 is 1.90 bits per heavy atom. The molecule has 20 heavy (non-hydrogen) atoms. The fraction of sp³-hybridized carbons (Fsp3) is 0.562. The van der Waals surface area contributed by atoms with Crippen molar-refractivity contribution in [1.82, 2.24) is 0 Å². The second-order valence-electron chi connectivity index (χ2n) is 5.88. The van der Waals surface area contributed by atoms with Crippen LogP contribution in [0.5, 0.6) is 0 Å². The maximum absolute atomic E-state index is 6.08. The number of hydrogen-bond donors (Lipinski definition) is 2. The summed E-state index contributed by atoms with van der Waals surface area (Å²) in [6.45, 7) is 4.35. The lowest BCUT2D eigenvalue weighted by atomic mass is 10.0. The number of guanidine groups is 1. The lowest BCUT2D eigenvalue weighted by molar-refractivity contribution is 0.825. The molecule has 0 aromatic heterocycles. The molecule has 3 N–H and O–H groups in total. The zero-order valence-electron chi connectivity index (χ0n) is 12.3. The van der Waals surface area contributed by atoms with Gasteiger partial charge in [0.1, 0.15) is 0 Å². The molecule has 0 aliphatic heterocycles. The number of aryl methyl sites for hydroxylation is 2. The van der Waals surface area contributed by atoms with Crippen molar-refractivity contribution in [2.45, 2.75) is 52.0 Å². The van der Waals surface area contributed by atoms with Gasteiger partial charge in [-0.3, -0.25) is 0 Å². The van der Waals surface area contributed by atoms with Crippen molar-refractivity contribution >= 4 is 35.6 Å². The molecule has 1 aromatic carbocycles. The van der Waals surface area contributed by atoms with E-state index in [2.05, 4.69) is 42.4 Å². The largest absolute Gasteiger partial charge is 0.370 e. The number of nitrogens with zero attached hydrogens (tertiary/aromatic N) is 1. The Balaban J connectivity index is 0.00000147. The molecule has 3 rings (SSSR count). The van der Waals surface area contributed by atoms with Crippen molar-refractivity contribution in [1.29, 1.82) is 0 Å². The molecule has 2 saturated carbocycles.